The molecule has 4 heteroatoms. The van der Waals surface area contributed by atoms with E-state index in [1.165, 1.54) is 0 Å². The third-order valence-electron chi connectivity index (χ3n) is 1.84. The SMILES string of the molecule is COCCOC(=O)N(C(C)C)C(C)C. The molecule has 0 aromatic carbocycles. The Bertz CT molecular complexity index is 161. The summed E-state index contributed by atoms with van der Waals surface area (Å²) >= 11 is 0. The van der Waals surface area contributed by atoms with Crippen LogP contribution in [0.3, 0.4) is 0 Å². The largest absolute Gasteiger partial charge is 0.447 e. The molecule has 0 saturated carbocycles. The van der Waals surface area contributed by atoms with Crippen molar-refractivity contribution in [2.45, 2.75) is 39.8 Å². The van der Waals surface area contributed by atoms with Crippen LogP contribution in [0, 0.1) is 0 Å². The minimum Gasteiger partial charge on any atom is -0.447 e. The first-order valence-corrected chi connectivity index (χ1v) is 4.94. The summed E-state index contributed by atoms with van der Waals surface area (Å²) in [5, 5.41) is 0. The van der Waals surface area contributed by atoms with Gasteiger partial charge in [-0.25, -0.2) is 4.79 Å². The van der Waals surface area contributed by atoms with E-state index in [1.54, 1.807) is 12.0 Å². The van der Waals surface area contributed by atoms with Crippen LogP contribution < -0.4 is 0 Å². The number of rotatable bonds is 5. The fourth-order valence-electron chi connectivity index (χ4n) is 1.30. The molecule has 0 aliphatic heterocycles. The van der Waals surface area contributed by atoms with Crippen molar-refractivity contribution in [1.82, 2.24) is 4.90 Å². The van der Waals surface area contributed by atoms with Gasteiger partial charge in [-0.3, -0.25) is 0 Å². The lowest BCUT2D eigenvalue weighted by Gasteiger charge is -2.29. The van der Waals surface area contributed by atoms with Gasteiger partial charge in [-0.05, 0) is 27.7 Å². The first-order valence-electron chi connectivity index (χ1n) is 4.94. The van der Waals surface area contributed by atoms with Crippen molar-refractivity contribution in [2.24, 2.45) is 0 Å². The monoisotopic (exact) mass is 203 g/mol. The number of carbonyl (C=O) groups excluding carboxylic acids is 1. The number of ether oxygens (including phenoxy) is 2. The van der Waals surface area contributed by atoms with Crippen molar-refractivity contribution in [3.8, 4) is 0 Å². The molecule has 0 saturated heterocycles. The Morgan fingerprint density at radius 1 is 1.14 bits per heavy atom. The van der Waals surface area contributed by atoms with Gasteiger partial charge in [0, 0.05) is 19.2 Å². The first kappa shape index (κ1) is 13.2. The van der Waals surface area contributed by atoms with Gasteiger partial charge in [-0.15, -0.1) is 0 Å². The van der Waals surface area contributed by atoms with Gasteiger partial charge in [0.15, 0.2) is 0 Å². The average Bonchev–Trinajstić information content (AvgIpc) is 2.03. The highest BCUT2D eigenvalue weighted by Crippen LogP contribution is 2.06. The summed E-state index contributed by atoms with van der Waals surface area (Å²) in [6, 6.07) is 0.315. The first-order chi connectivity index (χ1) is 6.50. The molecule has 14 heavy (non-hydrogen) atoms. The van der Waals surface area contributed by atoms with E-state index >= 15 is 0 Å². The summed E-state index contributed by atoms with van der Waals surface area (Å²) in [6.07, 6.45) is -0.271. The second-order valence-corrected chi connectivity index (χ2v) is 3.70. The third-order valence-corrected chi connectivity index (χ3v) is 1.84. The Labute approximate surface area is 86.2 Å². The highest BCUT2D eigenvalue weighted by atomic mass is 16.6. The molecule has 0 aliphatic rings. The number of nitrogens with zero attached hydrogens (tertiary/aromatic N) is 1. The van der Waals surface area contributed by atoms with Crippen molar-refractivity contribution < 1.29 is 14.3 Å². The quantitative estimate of drug-likeness (QED) is 0.640. The topological polar surface area (TPSA) is 38.8 Å². The van der Waals surface area contributed by atoms with Crippen LogP contribution in [-0.2, 0) is 9.47 Å². The summed E-state index contributed by atoms with van der Waals surface area (Å²) in [5.41, 5.74) is 0. The van der Waals surface area contributed by atoms with Crippen LogP contribution >= 0.6 is 0 Å². The van der Waals surface area contributed by atoms with E-state index in [2.05, 4.69) is 0 Å². The average molecular weight is 203 g/mol. The summed E-state index contributed by atoms with van der Waals surface area (Å²) < 4.78 is 9.83. The third kappa shape index (κ3) is 4.46. The molecule has 0 rings (SSSR count). The predicted molar refractivity (Wildman–Crippen MR) is 55.3 cm³/mol. The molecule has 4 nitrogen and oxygen atoms in total. The maximum atomic E-state index is 11.5. The lowest BCUT2D eigenvalue weighted by molar-refractivity contribution is 0.0563. The zero-order valence-electron chi connectivity index (χ0n) is 9.74. The van der Waals surface area contributed by atoms with Crippen LogP contribution in [0.15, 0.2) is 0 Å². The van der Waals surface area contributed by atoms with Gasteiger partial charge >= 0.3 is 6.09 Å². The number of amides is 1. The molecule has 84 valence electrons. The Hall–Kier alpha value is -0.770. The molecule has 0 atom stereocenters. The van der Waals surface area contributed by atoms with E-state index in [9.17, 15) is 4.79 Å². The standard InChI is InChI=1S/C10H21NO3/c1-8(2)11(9(3)4)10(12)14-7-6-13-5/h8-9H,6-7H2,1-5H3. The molecule has 0 heterocycles. The van der Waals surface area contributed by atoms with Crippen LogP contribution in [0.25, 0.3) is 0 Å². The molecule has 0 N–H and O–H groups in total. The smallest absolute Gasteiger partial charge is 0.410 e. The van der Waals surface area contributed by atoms with Crippen LogP contribution in [0.2, 0.25) is 0 Å². The minimum atomic E-state index is -0.271. The van der Waals surface area contributed by atoms with E-state index in [1.807, 2.05) is 27.7 Å². The molecule has 0 aromatic heterocycles. The molecule has 0 spiro atoms. The number of hydrogen-bond acceptors (Lipinski definition) is 3. The Morgan fingerprint density at radius 2 is 1.64 bits per heavy atom. The molecule has 0 aliphatic carbocycles. The molecular weight excluding hydrogens is 182 g/mol. The minimum absolute atomic E-state index is 0.157. The zero-order valence-corrected chi connectivity index (χ0v) is 9.74. The van der Waals surface area contributed by atoms with Crippen LogP contribution in [0.1, 0.15) is 27.7 Å². The number of hydrogen-bond donors (Lipinski definition) is 0. The van der Waals surface area contributed by atoms with E-state index in [4.69, 9.17) is 9.47 Å². The zero-order chi connectivity index (χ0) is 11.1. The highest BCUT2D eigenvalue weighted by molar-refractivity contribution is 5.68. The predicted octanol–water partition coefficient (Wildman–Crippen LogP) is 1.89. The van der Waals surface area contributed by atoms with Crippen molar-refractivity contribution in [1.29, 1.82) is 0 Å². The summed E-state index contributed by atoms with van der Waals surface area (Å²) in [4.78, 5) is 13.3. The van der Waals surface area contributed by atoms with Crippen molar-refractivity contribution in [2.75, 3.05) is 20.3 Å². The molecule has 0 unspecified atom stereocenters. The van der Waals surface area contributed by atoms with Crippen LogP contribution in [0.4, 0.5) is 4.79 Å². The molecule has 0 radical (unpaired) electrons. The molecule has 0 aromatic rings. The van der Waals surface area contributed by atoms with Crippen molar-refractivity contribution >= 4 is 6.09 Å². The summed E-state index contributed by atoms with van der Waals surface area (Å²) in [5.74, 6) is 0. The van der Waals surface area contributed by atoms with Gasteiger partial charge < -0.3 is 14.4 Å². The molecule has 0 bridgehead atoms. The number of carbonyl (C=O) groups is 1. The van der Waals surface area contributed by atoms with Crippen LogP contribution in [0.5, 0.6) is 0 Å². The van der Waals surface area contributed by atoms with Gasteiger partial charge in [0.1, 0.15) is 6.61 Å². The van der Waals surface area contributed by atoms with Crippen molar-refractivity contribution in [3.05, 3.63) is 0 Å². The van der Waals surface area contributed by atoms with E-state index < -0.39 is 0 Å². The Balaban J connectivity index is 4.03. The van der Waals surface area contributed by atoms with E-state index in [0.29, 0.717) is 13.2 Å². The highest BCUT2D eigenvalue weighted by Gasteiger charge is 2.20. The lowest BCUT2D eigenvalue weighted by Crippen LogP contribution is -2.42. The summed E-state index contributed by atoms with van der Waals surface area (Å²) in [7, 11) is 1.58. The molecule has 1 amide bonds. The summed E-state index contributed by atoms with van der Waals surface area (Å²) in [6.45, 7) is 8.63. The lowest BCUT2D eigenvalue weighted by atomic mass is 10.2. The maximum Gasteiger partial charge on any atom is 0.410 e. The van der Waals surface area contributed by atoms with Crippen molar-refractivity contribution in [3.63, 3.8) is 0 Å². The molecule has 0 fully saturated rings. The van der Waals surface area contributed by atoms with Gasteiger partial charge in [-0.2, -0.15) is 0 Å². The molecular formula is C10H21NO3. The van der Waals surface area contributed by atoms with Gasteiger partial charge in [-0.1, -0.05) is 0 Å². The Kier molecular flexibility index (Phi) is 6.28. The van der Waals surface area contributed by atoms with Crippen LogP contribution in [-0.4, -0.2) is 43.4 Å². The second-order valence-electron chi connectivity index (χ2n) is 3.70. The maximum absolute atomic E-state index is 11.5. The van der Waals surface area contributed by atoms with Gasteiger partial charge in [0.25, 0.3) is 0 Å². The normalized spacial score (nSPS) is 10.8. The fourth-order valence-corrected chi connectivity index (χ4v) is 1.30. The van der Waals surface area contributed by atoms with E-state index in [-0.39, 0.29) is 18.2 Å². The van der Waals surface area contributed by atoms with Gasteiger partial charge in [0.2, 0.25) is 0 Å². The fraction of sp³-hybridized carbons (Fsp3) is 0.900. The Morgan fingerprint density at radius 3 is 2.00 bits per heavy atom. The number of methoxy groups -OCH3 is 1. The van der Waals surface area contributed by atoms with E-state index in [0.717, 1.165) is 0 Å². The second kappa shape index (κ2) is 6.65. The van der Waals surface area contributed by atoms with Gasteiger partial charge in [0.05, 0.1) is 6.61 Å².